The molecule has 124 valence electrons. The minimum atomic E-state index is 0.382. The predicted octanol–water partition coefficient (Wildman–Crippen LogP) is 4.43. The number of hydrogen-bond acceptors (Lipinski definition) is 2. The van der Waals surface area contributed by atoms with E-state index >= 15 is 0 Å². The maximum absolute atomic E-state index is 6.54. The number of nitrogens with zero attached hydrogens (tertiary/aromatic N) is 1. The third-order valence-electron chi connectivity index (χ3n) is 7.00. The third kappa shape index (κ3) is 3.82. The molecule has 5 atom stereocenters. The summed E-state index contributed by atoms with van der Waals surface area (Å²) in [6.07, 6.45) is 10.7. The van der Waals surface area contributed by atoms with Gasteiger partial charge >= 0.3 is 0 Å². The fraction of sp³-hybridized carbons (Fsp3) is 1.00. The fourth-order valence-corrected chi connectivity index (χ4v) is 4.78. The summed E-state index contributed by atoms with van der Waals surface area (Å²) in [5.41, 5.74) is 7.01. The second kappa shape index (κ2) is 7.00. The Morgan fingerprint density at radius 1 is 1.05 bits per heavy atom. The quantitative estimate of drug-likeness (QED) is 0.831. The SMILES string of the molecule is CCC(C)(C)C1CCC(N)C(N(C)C2CCCCC2C)C1. The van der Waals surface area contributed by atoms with Gasteiger partial charge in [0.15, 0.2) is 0 Å². The lowest BCUT2D eigenvalue weighted by atomic mass is 9.67. The molecule has 0 aromatic heterocycles. The van der Waals surface area contributed by atoms with Gasteiger partial charge in [-0.1, -0.05) is 47.0 Å². The van der Waals surface area contributed by atoms with E-state index in [1.54, 1.807) is 0 Å². The van der Waals surface area contributed by atoms with Crippen LogP contribution >= 0.6 is 0 Å². The van der Waals surface area contributed by atoms with E-state index in [9.17, 15) is 0 Å². The largest absolute Gasteiger partial charge is 0.326 e. The van der Waals surface area contributed by atoms with Crippen LogP contribution in [-0.4, -0.2) is 30.1 Å². The highest BCUT2D eigenvalue weighted by Gasteiger charge is 2.40. The summed E-state index contributed by atoms with van der Waals surface area (Å²) in [7, 11) is 2.36. The summed E-state index contributed by atoms with van der Waals surface area (Å²) in [6, 6.07) is 1.74. The Kier molecular flexibility index (Phi) is 5.76. The van der Waals surface area contributed by atoms with Crippen LogP contribution in [0.5, 0.6) is 0 Å². The molecule has 2 N–H and O–H groups in total. The second-order valence-corrected chi connectivity index (χ2v) is 8.58. The van der Waals surface area contributed by atoms with Crippen molar-refractivity contribution in [3.8, 4) is 0 Å². The van der Waals surface area contributed by atoms with Crippen LogP contribution in [0, 0.1) is 17.3 Å². The van der Waals surface area contributed by atoms with E-state index in [0.29, 0.717) is 17.5 Å². The molecule has 0 saturated heterocycles. The molecular formula is C19H38N2. The van der Waals surface area contributed by atoms with Crippen molar-refractivity contribution in [2.75, 3.05) is 7.05 Å². The van der Waals surface area contributed by atoms with Crippen LogP contribution in [0.1, 0.15) is 79.1 Å². The van der Waals surface area contributed by atoms with Gasteiger partial charge in [-0.05, 0) is 56.4 Å². The minimum Gasteiger partial charge on any atom is -0.326 e. The van der Waals surface area contributed by atoms with Gasteiger partial charge in [-0.3, -0.25) is 4.90 Å². The Morgan fingerprint density at radius 2 is 1.71 bits per heavy atom. The van der Waals surface area contributed by atoms with Crippen LogP contribution < -0.4 is 5.73 Å². The smallest absolute Gasteiger partial charge is 0.0250 e. The molecule has 0 spiro atoms. The second-order valence-electron chi connectivity index (χ2n) is 8.58. The lowest BCUT2D eigenvalue weighted by Crippen LogP contribution is -2.56. The number of hydrogen-bond donors (Lipinski definition) is 1. The average molecular weight is 295 g/mol. The van der Waals surface area contributed by atoms with Crippen molar-refractivity contribution in [1.29, 1.82) is 0 Å². The zero-order chi connectivity index (χ0) is 15.6. The zero-order valence-corrected chi connectivity index (χ0v) is 15.1. The molecule has 0 aliphatic heterocycles. The topological polar surface area (TPSA) is 29.3 Å². The molecule has 0 bridgehead atoms. The molecular weight excluding hydrogens is 256 g/mol. The molecule has 0 amide bonds. The minimum absolute atomic E-state index is 0.382. The molecule has 2 fully saturated rings. The first-order chi connectivity index (χ1) is 9.86. The van der Waals surface area contributed by atoms with Crippen LogP contribution in [0.15, 0.2) is 0 Å². The lowest BCUT2D eigenvalue weighted by molar-refractivity contribution is 0.0263. The zero-order valence-electron chi connectivity index (χ0n) is 15.1. The monoisotopic (exact) mass is 294 g/mol. The fourth-order valence-electron chi connectivity index (χ4n) is 4.78. The maximum atomic E-state index is 6.54. The van der Waals surface area contributed by atoms with Crippen molar-refractivity contribution in [3.63, 3.8) is 0 Å². The van der Waals surface area contributed by atoms with E-state index in [4.69, 9.17) is 5.73 Å². The van der Waals surface area contributed by atoms with Gasteiger partial charge in [-0.15, -0.1) is 0 Å². The average Bonchev–Trinajstić information content (AvgIpc) is 2.47. The van der Waals surface area contributed by atoms with Gasteiger partial charge in [0.25, 0.3) is 0 Å². The third-order valence-corrected chi connectivity index (χ3v) is 7.00. The first-order valence-corrected chi connectivity index (χ1v) is 9.34. The lowest BCUT2D eigenvalue weighted by Gasteiger charge is -2.49. The van der Waals surface area contributed by atoms with Crippen LogP contribution in [0.2, 0.25) is 0 Å². The molecule has 2 rings (SSSR count). The van der Waals surface area contributed by atoms with Gasteiger partial charge < -0.3 is 5.73 Å². The maximum Gasteiger partial charge on any atom is 0.0250 e. The molecule has 2 heteroatoms. The van der Waals surface area contributed by atoms with Crippen molar-refractivity contribution >= 4 is 0 Å². The van der Waals surface area contributed by atoms with E-state index in [2.05, 4.69) is 39.6 Å². The molecule has 21 heavy (non-hydrogen) atoms. The molecule has 2 aliphatic rings. The molecule has 0 aromatic rings. The normalized spacial score (nSPS) is 38.7. The van der Waals surface area contributed by atoms with E-state index in [0.717, 1.165) is 17.9 Å². The molecule has 2 nitrogen and oxygen atoms in total. The predicted molar refractivity (Wildman–Crippen MR) is 92.4 cm³/mol. The summed E-state index contributed by atoms with van der Waals surface area (Å²) in [6.45, 7) is 9.70. The van der Waals surface area contributed by atoms with Gasteiger partial charge in [0, 0.05) is 18.1 Å². The number of rotatable bonds is 4. The van der Waals surface area contributed by atoms with Crippen molar-refractivity contribution in [2.45, 2.75) is 97.2 Å². The molecule has 0 heterocycles. The van der Waals surface area contributed by atoms with Crippen molar-refractivity contribution in [3.05, 3.63) is 0 Å². The van der Waals surface area contributed by atoms with Gasteiger partial charge in [0.05, 0.1) is 0 Å². The standard InChI is InChI=1S/C19H38N2/c1-6-19(3,4)15-11-12-16(20)18(13-15)21(5)17-10-8-7-9-14(17)2/h14-18H,6-13,20H2,1-5H3. The molecule has 0 radical (unpaired) electrons. The Labute approximate surface area is 132 Å². The van der Waals surface area contributed by atoms with Crippen LogP contribution in [0.4, 0.5) is 0 Å². The van der Waals surface area contributed by atoms with Crippen molar-refractivity contribution in [1.82, 2.24) is 4.90 Å². The molecule has 2 aliphatic carbocycles. The highest BCUT2D eigenvalue weighted by Crippen LogP contribution is 2.42. The Balaban J connectivity index is 2.05. The van der Waals surface area contributed by atoms with Crippen LogP contribution in [-0.2, 0) is 0 Å². The van der Waals surface area contributed by atoms with Crippen molar-refractivity contribution in [2.24, 2.45) is 23.0 Å². The van der Waals surface area contributed by atoms with E-state index in [1.165, 1.54) is 51.4 Å². The van der Waals surface area contributed by atoms with E-state index < -0.39 is 0 Å². The van der Waals surface area contributed by atoms with Crippen LogP contribution in [0.3, 0.4) is 0 Å². The molecule has 0 aromatic carbocycles. The van der Waals surface area contributed by atoms with Crippen molar-refractivity contribution < 1.29 is 0 Å². The summed E-state index contributed by atoms with van der Waals surface area (Å²) in [5, 5.41) is 0. The highest BCUT2D eigenvalue weighted by molar-refractivity contribution is 4.95. The summed E-state index contributed by atoms with van der Waals surface area (Å²) >= 11 is 0. The van der Waals surface area contributed by atoms with Gasteiger partial charge in [-0.25, -0.2) is 0 Å². The van der Waals surface area contributed by atoms with Crippen LogP contribution in [0.25, 0.3) is 0 Å². The Hall–Kier alpha value is -0.0800. The van der Waals surface area contributed by atoms with E-state index in [-0.39, 0.29) is 0 Å². The summed E-state index contributed by atoms with van der Waals surface area (Å²) < 4.78 is 0. The number of nitrogens with two attached hydrogens (primary N) is 1. The summed E-state index contributed by atoms with van der Waals surface area (Å²) in [5.74, 6) is 1.68. The Morgan fingerprint density at radius 3 is 2.33 bits per heavy atom. The summed E-state index contributed by atoms with van der Waals surface area (Å²) in [4.78, 5) is 2.69. The number of likely N-dealkylation sites (N-methyl/N-ethyl adjacent to an activating group) is 1. The Bertz CT molecular complexity index is 326. The first kappa shape index (κ1) is 17.3. The molecule has 5 unspecified atom stereocenters. The van der Waals surface area contributed by atoms with Gasteiger partial charge in [-0.2, -0.15) is 0 Å². The van der Waals surface area contributed by atoms with Gasteiger partial charge in [0.1, 0.15) is 0 Å². The van der Waals surface area contributed by atoms with Gasteiger partial charge in [0.2, 0.25) is 0 Å². The van der Waals surface area contributed by atoms with E-state index in [1.807, 2.05) is 0 Å². The first-order valence-electron chi connectivity index (χ1n) is 9.34. The molecule has 2 saturated carbocycles. The highest BCUT2D eigenvalue weighted by atomic mass is 15.2.